The lowest BCUT2D eigenvalue weighted by Crippen LogP contribution is -2.58. The number of amides is 4. The molecular formula is C44H52ClN7O8S. The molecule has 2 aromatic carbocycles. The minimum absolute atomic E-state index is 0.0286. The lowest BCUT2D eigenvalue weighted by Gasteiger charge is -2.35. The Morgan fingerprint density at radius 1 is 0.967 bits per heavy atom. The number of carbonyl (C=O) groups excluding carboxylic acids is 4. The molecule has 0 bridgehead atoms. The number of aryl methyl sites for hydroxylation is 1. The molecule has 6 rings (SSSR count). The molecule has 5 aromatic rings. The number of imidazole rings is 1. The number of hydrogen-bond acceptors (Lipinski definition) is 11. The number of likely N-dealkylation sites (tertiary alicyclic amines) is 1. The molecule has 0 unspecified atom stereocenters. The number of anilines is 1. The molecule has 3 aromatic heterocycles. The Labute approximate surface area is 364 Å². The molecule has 4 amide bonds. The molecule has 3 atom stereocenters. The SMILES string of the molecule is Cc1ncsc1-c1ccc(CNC(=O)[C@@H]2C[C@@H](O)CN2C(=O)[C@@H](NC(=O)COCCOCCOCC(=O)N(C)c2ccc3ncc(-c4ccccc4Cl)n3c2)C(C)(C)C)cc1. The molecule has 0 spiro atoms. The van der Waals surface area contributed by atoms with Crippen LogP contribution in [0.2, 0.25) is 5.02 Å². The van der Waals surface area contributed by atoms with Crippen molar-refractivity contribution in [3.05, 3.63) is 94.8 Å². The van der Waals surface area contributed by atoms with Crippen molar-refractivity contribution in [2.45, 2.75) is 58.8 Å². The highest BCUT2D eigenvalue weighted by molar-refractivity contribution is 7.13. The van der Waals surface area contributed by atoms with Gasteiger partial charge in [0.25, 0.3) is 5.91 Å². The van der Waals surface area contributed by atoms with Crippen LogP contribution in [0.3, 0.4) is 0 Å². The highest BCUT2D eigenvalue weighted by Gasteiger charge is 2.44. The van der Waals surface area contributed by atoms with Crippen LogP contribution in [0.15, 0.2) is 78.6 Å². The first-order valence-electron chi connectivity index (χ1n) is 20.0. The zero-order chi connectivity index (χ0) is 43.7. The van der Waals surface area contributed by atoms with Crippen LogP contribution in [0, 0.1) is 12.3 Å². The maximum absolute atomic E-state index is 13.9. The number of benzene rings is 2. The number of nitrogens with one attached hydrogen (secondary N) is 2. The largest absolute Gasteiger partial charge is 0.391 e. The predicted octanol–water partition coefficient (Wildman–Crippen LogP) is 4.91. The van der Waals surface area contributed by atoms with Crippen LogP contribution >= 0.6 is 22.9 Å². The van der Waals surface area contributed by atoms with E-state index in [-0.39, 0.29) is 71.0 Å². The number of carbonyl (C=O) groups is 4. The van der Waals surface area contributed by atoms with Crippen LogP contribution in [-0.2, 0) is 39.9 Å². The fourth-order valence-electron chi connectivity index (χ4n) is 6.92. The van der Waals surface area contributed by atoms with Crippen molar-refractivity contribution in [3.8, 4) is 21.7 Å². The average Bonchev–Trinajstić information content (AvgIpc) is 3.98. The second kappa shape index (κ2) is 20.6. The van der Waals surface area contributed by atoms with Crippen molar-refractivity contribution < 1.29 is 38.5 Å². The van der Waals surface area contributed by atoms with Crippen LogP contribution in [0.4, 0.5) is 5.69 Å². The Hall–Kier alpha value is -5.23. The van der Waals surface area contributed by atoms with Crippen molar-refractivity contribution >= 4 is 57.9 Å². The molecule has 0 radical (unpaired) electrons. The fourth-order valence-corrected chi connectivity index (χ4v) is 7.97. The normalized spacial score (nSPS) is 15.8. The Bertz CT molecular complexity index is 2310. The second-order valence-electron chi connectivity index (χ2n) is 15.9. The van der Waals surface area contributed by atoms with Crippen LogP contribution in [0.5, 0.6) is 0 Å². The van der Waals surface area contributed by atoms with E-state index in [1.54, 1.807) is 30.1 Å². The van der Waals surface area contributed by atoms with E-state index in [0.29, 0.717) is 10.7 Å². The molecule has 1 saturated heterocycles. The van der Waals surface area contributed by atoms with E-state index in [9.17, 15) is 24.3 Å². The number of halogens is 1. The first-order valence-corrected chi connectivity index (χ1v) is 21.2. The van der Waals surface area contributed by atoms with Crippen molar-refractivity contribution in [3.63, 3.8) is 0 Å². The van der Waals surface area contributed by atoms with Gasteiger partial charge in [0.05, 0.1) is 66.2 Å². The predicted molar refractivity (Wildman–Crippen MR) is 233 cm³/mol. The molecule has 1 aliphatic heterocycles. The molecule has 0 aliphatic carbocycles. The van der Waals surface area contributed by atoms with E-state index in [2.05, 4.69) is 20.6 Å². The summed E-state index contributed by atoms with van der Waals surface area (Å²) in [6.07, 6.45) is 2.77. The van der Waals surface area contributed by atoms with Crippen LogP contribution in [-0.4, -0.2) is 119 Å². The van der Waals surface area contributed by atoms with Gasteiger partial charge in [-0.05, 0) is 41.7 Å². The summed E-state index contributed by atoms with van der Waals surface area (Å²) in [4.78, 5) is 65.9. The van der Waals surface area contributed by atoms with Gasteiger partial charge in [0, 0.05) is 43.3 Å². The Kier molecular flexibility index (Phi) is 15.3. The zero-order valence-electron chi connectivity index (χ0n) is 34.9. The number of nitrogens with zero attached hydrogens (tertiary/aromatic N) is 5. The zero-order valence-corrected chi connectivity index (χ0v) is 36.5. The summed E-state index contributed by atoms with van der Waals surface area (Å²) in [6, 6.07) is 17.1. The van der Waals surface area contributed by atoms with Crippen molar-refractivity contribution in [1.29, 1.82) is 0 Å². The number of β-amino-alcohol motifs (C(OH)–C–C–N with tert-alkyl or cyclic N) is 1. The highest BCUT2D eigenvalue weighted by atomic mass is 35.5. The van der Waals surface area contributed by atoms with Gasteiger partial charge in [-0.15, -0.1) is 11.3 Å². The number of aliphatic hydroxyl groups excluding tert-OH is 1. The first kappa shape index (κ1) is 45.3. The third-order valence-corrected chi connectivity index (χ3v) is 11.6. The van der Waals surface area contributed by atoms with Gasteiger partial charge >= 0.3 is 0 Å². The van der Waals surface area contributed by atoms with Gasteiger partial charge in [-0.1, -0.05) is 74.8 Å². The number of thiazole rings is 1. The summed E-state index contributed by atoms with van der Waals surface area (Å²) in [6.45, 7) is 7.78. The quantitative estimate of drug-likeness (QED) is 0.103. The number of ether oxygens (including phenoxy) is 3. The number of fused-ring (bicyclic) bond motifs is 1. The van der Waals surface area contributed by atoms with Gasteiger partial charge < -0.3 is 39.8 Å². The maximum atomic E-state index is 13.9. The third-order valence-electron chi connectivity index (χ3n) is 10.3. The van der Waals surface area contributed by atoms with E-state index >= 15 is 0 Å². The molecule has 3 N–H and O–H groups in total. The lowest BCUT2D eigenvalue weighted by molar-refractivity contribution is -0.144. The topological polar surface area (TPSA) is 177 Å². The average molecular weight is 874 g/mol. The molecule has 1 aliphatic rings. The van der Waals surface area contributed by atoms with Crippen LogP contribution in [0.25, 0.3) is 27.3 Å². The number of aromatic nitrogens is 3. The summed E-state index contributed by atoms with van der Waals surface area (Å²) < 4.78 is 18.5. The molecule has 15 nitrogen and oxygen atoms in total. The van der Waals surface area contributed by atoms with Gasteiger partial charge in [-0.25, -0.2) is 9.97 Å². The van der Waals surface area contributed by atoms with Gasteiger partial charge in [-0.2, -0.15) is 0 Å². The minimum atomic E-state index is -0.984. The highest BCUT2D eigenvalue weighted by Crippen LogP contribution is 2.30. The third kappa shape index (κ3) is 11.6. The van der Waals surface area contributed by atoms with Crippen molar-refractivity contribution in [2.75, 3.05) is 58.1 Å². The maximum Gasteiger partial charge on any atom is 0.252 e. The van der Waals surface area contributed by atoms with Crippen molar-refractivity contribution in [2.24, 2.45) is 5.41 Å². The van der Waals surface area contributed by atoms with Crippen LogP contribution < -0.4 is 15.5 Å². The molecule has 0 saturated carbocycles. The molecular weight excluding hydrogens is 822 g/mol. The Balaban J connectivity index is 0.889. The smallest absolute Gasteiger partial charge is 0.252 e. The van der Waals surface area contributed by atoms with Gasteiger partial charge in [0.2, 0.25) is 17.7 Å². The monoisotopic (exact) mass is 873 g/mol. The Morgan fingerprint density at radius 3 is 2.36 bits per heavy atom. The number of pyridine rings is 1. The summed E-state index contributed by atoms with van der Waals surface area (Å²) >= 11 is 7.99. The van der Waals surface area contributed by atoms with E-state index in [1.807, 2.05) is 99.0 Å². The molecule has 1 fully saturated rings. The Morgan fingerprint density at radius 2 is 1.67 bits per heavy atom. The number of hydrogen-bond donors (Lipinski definition) is 3. The molecule has 17 heteroatoms. The van der Waals surface area contributed by atoms with E-state index in [1.165, 1.54) is 9.80 Å². The summed E-state index contributed by atoms with van der Waals surface area (Å²) in [7, 11) is 1.67. The van der Waals surface area contributed by atoms with Crippen LogP contribution in [0.1, 0.15) is 38.4 Å². The molecule has 61 heavy (non-hydrogen) atoms. The molecule has 4 heterocycles. The van der Waals surface area contributed by atoms with E-state index in [4.69, 9.17) is 25.8 Å². The van der Waals surface area contributed by atoms with Crippen molar-refractivity contribution in [1.82, 2.24) is 29.9 Å². The molecule has 324 valence electrons. The minimum Gasteiger partial charge on any atom is -0.391 e. The summed E-state index contributed by atoms with van der Waals surface area (Å²) in [5, 5.41) is 16.8. The summed E-state index contributed by atoms with van der Waals surface area (Å²) in [5.74, 6) is -1.60. The number of likely N-dealkylation sites (N-methyl/N-ethyl adjacent to an activating group) is 1. The van der Waals surface area contributed by atoms with Gasteiger partial charge in [0.15, 0.2) is 0 Å². The first-order chi connectivity index (χ1) is 29.2. The van der Waals surface area contributed by atoms with Gasteiger partial charge in [-0.3, -0.25) is 23.6 Å². The number of rotatable bonds is 18. The summed E-state index contributed by atoms with van der Waals surface area (Å²) in [5.41, 5.74) is 6.98. The number of aliphatic hydroxyl groups is 1. The second-order valence-corrected chi connectivity index (χ2v) is 17.1. The van der Waals surface area contributed by atoms with E-state index in [0.717, 1.165) is 38.6 Å². The van der Waals surface area contributed by atoms with E-state index < -0.39 is 35.4 Å². The van der Waals surface area contributed by atoms with Gasteiger partial charge in [0.1, 0.15) is 30.9 Å². The lowest BCUT2D eigenvalue weighted by atomic mass is 9.85. The standard InChI is InChI=1S/C44H52ClN7O8S/c1-28-40(61-27-48-28)30-12-10-29(11-13-30)21-47-42(56)35-20-32(53)24-52(35)43(57)41(44(2,3)4)49-38(54)25-59-18-16-58-17-19-60-26-39(55)50(5)31-14-15-37-46-22-36(51(37)23-31)33-8-6-7-9-34(33)45/h6-15,22-23,27,32,35,41,53H,16-21,24-26H2,1-5H3,(H,47,56)(H,49,54)/t32-,35+,41-/m1/s1. The fraction of sp³-hybridized carbons (Fsp3) is 0.409.